The van der Waals surface area contributed by atoms with E-state index < -0.39 is 6.89 Å². The summed E-state index contributed by atoms with van der Waals surface area (Å²) in [4.78, 5) is 0. The number of rotatable bonds is 6. The van der Waals surface area contributed by atoms with Gasteiger partial charge in [0.05, 0.1) is 14.0 Å². The van der Waals surface area contributed by atoms with Gasteiger partial charge in [-0.1, -0.05) is 13.2 Å². The molecule has 0 aromatic rings. The standard InChI is InChI=1S/C10H22BOP/c1-9(8-11)10(12)6-5-7-13(2,3)4/h9-10,12H,2,5-8H2,1,3-4H3. The van der Waals surface area contributed by atoms with Gasteiger partial charge in [-0.25, -0.2) is 0 Å². The van der Waals surface area contributed by atoms with Crippen LogP contribution >= 0.6 is 6.89 Å². The molecular formula is C10H22BOP. The monoisotopic (exact) mass is 200 g/mol. The number of hydrogen-bond donors (Lipinski definition) is 1. The maximum atomic E-state index is 9.63. The van der Waals surface area contributed by atoms with E-state index in [9.17, 15) is 5.11 Å². The van der Waals surface area contributed by atoms with Gasteiger partial charge in [0.2, 0.25) is 0 Å². The van der Waals surface area contributed by atoms with E-state index in [-0.39, 0.29) is 12.0 Å². The summed E-state index contributed by atoms with van der Waals surface area (Å²) in [6.07, 6.45) is 7.60. The highest BCUT2D eigenvalue weighted by atomic mass is 31.2. The smallest absolute Gasteiger partial charge is 0.0657 e. The lowest BCUT2D eigenvalue weighted by Gasteiger charge is -2.19. The van der Waals surface area contributed by atoms with Crippen molar-refractivity contribution in [1.82, 2.24) is 0 Å². The zero-order valence-corrected chi connectivity index (χ0v) is 10.1. The predicted octanol–water partition coefficient (Wildman–Crippen LogP) is 2.06. The predicted molar refractivity (Wildman–Crippen MR) is 65.7 cm³/mol. The van der Waals surface area contributed by atoms with E-state index in [1.165, 1.54) is 6.16 Å². The lowest BCUT2D eigenvalue weighted by atomic mass is 9.87. The topological polar surface area (TPSA) is 20.2 Å². The van der Waals surface area contributed by atoms with Crippen molar-refractivity contribution in [3.8, 4) is 0 Å². The van der Waals surface area contributed by atoms with E-state index in [0.29, 0.717) is 6.32 Å². The summed E-state index contributed by atoms with van der Waals surface area (Å²) in [6, 6.07) is 0. The van der Waals surface area contributed by atoms with Gasteiger partial charge in [-0.2, -0.15) is 0 Å². The Morgan fingerprint density at radius 1 is 1.46 bits per heavy atom. The molecule has 0 saturated heterocycles. The Labute approximate surface area is 84.3 Å². The minimum absolute atomic E-state index is 0.225. The summed E-state index contributed by atoms with van der Waals surface area (Å²) >= 11 is 0. The first kappa shape index (κ1) is 13.3. The van der Waals surface area contributed by atoms with Crippen LogP contribution in [0.1, 0.15) is 19.8 Å². The highest BCUT2D eigenvalue weighted by Crippen LogP contribution is 2.36. The molecular weight excluding hydrogens is 178 g/mol. The van der Waals surface area contributed by atoms with Crippen molar-refractivity contribution in [1.29, 1.82) is 0 Å². The summed E-state index contributed by atoms with van der Waals surface area (Å²) in [7, 11) is 5.47. The molecule has 2 atom stereocenters. The minimum atomic E-state index is -0.903. The van der Waals surface area contributed by atoms with E-state index in [1.54, 1.807) is 0 Å². The summed E-state index contributed by atoms with van der Waals surface area (Å²) in [5.41, 5.74) is 0. The van der Waals surface area contributed by atoms with Crippen molar-refractivity contribution < 1.29 is 5.11 Å². The fourth-order valence-corrected chi connectivity index (χ4v) is 2.21. The lowest BCUT2D eigenvalue weighted by molar-refractivity contribution is 0.116. The average molecular weight is 200 g/mol. The van der Waals surface area contributed by atoms with Gasteiger partial charge in [0, 0.05) is 0 Å². The highest BCUT2D eigenvalue weighted by molar-refractivity contribution is 7.72. The zero-order valence-electron chi connectivity index (χ0n) is 9.16. The molecule has 0 aromatic carbocycles. The SMILES string of the molecule is [B]CC(C)C(O)CCCP(=C)(C)C. The summed E-state index contributed by atoms with van der Waals surface area (Å²) in [6.45, 7) is 5.55. The quantitative estimate of drug-likeness (QED) is 0.514. The van der Waals surface area contributed by atoms with E-state index in [1.807, 2.05) is 6.92 Å². The molecule has 1 N–H and O–H groups in total. The summed E-state index contributed by atoms with van der Waals surface area (Å²) < 4.78 is 0. The van der Waals surface area contributed by atoms with Crippen LogP contribution in [0.5, 0.6) is 0 Å². The number of aliphatic hydroxyl groups is 1. The van der Waals surface area contributed by atoms with Crippen LogP contribution < -0.4 is 0 Å². The van der Waals surface area contributed by atoms with Gasteiger partial charge in [0.15, 0.2) is 0 Å². The van der Waals surface area contributed by atoms with Crippen molar-refractivity contribution in [2.75, 3.05) is 19.5 Å². The van der Waals surface area contributed by atoms with Crippen molar-refractivity contribution in [2.45, 2.75) is 32.2 Å². The molecule has 0 bridgehead atoms. The Balaban J connectivity index is 3.59. The molecule has 0 spiro atoms. The Kier molecular flexibility index (Phi) is 6.08. The molecule has 3 heteroatoms. The fourth-order valence-electron chi connectivity index (χ4n) is 1.17. The molecule has 13 heavy (non-hydrogen) atoms. The maximum Gasteiger partial charge on any atom is 0.0657 e. The van der Waals surface area contributed by atoms with Gasteiger partial charge in [0.25, 0.3) is 0 Å². The first-order valence-corrected chi connectivity index (χ1v) is 7.97. The van der Waals surface area contributed by atoms with Crippen LogP contribution in [0, 0.1) is 5.92 Å². The van der Waals surface area contributed by atoms with Gasteiger partial charge in [-0.3, -0.25) is 0 Å². The van der Waals surface area contributed by atoms with Crippen LogP contribution in [0.2, 0.25) is 6.32 Å². The minimum Gasteiger partial charge on any atom is -0.393 e. The largest absolute Gasteiger partial charge is 0.393 e. The fraction of sp³-hybridized carbons (Fsp3) is 0.900. The second kappa shape index (κ2) is 5.93. The molecule has 0 rings (SSSR count). The van der Waals surface area contributed by atoms with Crippen LogP contribution in [0.15, 0.2) is 0 Å². The second-order valence-electron chi connectivity index (χ2n) is 4.58. The van der Waals surface area contributed by atoms with Gasteiger partial charge in [-0.15, -0.1) is 13.2 Å². The molecule has 0 aliphatic heterocycles. The van der Waals surface area contributed by atoms with E-state index in [0.717, 1.165) is 12.8 Å². The second-order valence-corrected chi connectivity index (χ2v) is 8.90. The Bertz CT molecular complexity index is 176. The van der Waals surface area contributed by atoms with Crippen LogP contribution in [0.25, 0.3) is 0 Å². The van der Waals surface area contributed by atoms with Crippen LogP contribution in [0.4, 0.5) is 0 Å². The summed E-state index contributed by atoms with van der Waals surface area (Å²) in [5.74, 6) is 0.228. The average Bonchev–Trinajstić information content (AvgIpc) is 2.00. The molecule has 0 aliphatic carbocycles. The normalized spacial score (nSPS) is 16.9. The third kappa shape index (κ3) is 7.40. The molecule has 0 fully saturated rings. The molecule has 0 heterocycles. The van der Waals surface area contributed by atoms with Crippen LogP contribution in [0.3, 0.4) is 0 Å². The number of hydrogen-bond acceptors (Lipinski definition) is 1. The van der Waals surface area contributed by atoms with Gasteiger partial charge < -0.3 is 5.11 Å². The first-order valence-electron chi connectivity index (χ1n) is 4.92. The Hall–Kier alpha value is 0.325. The van der Waals surface area contributed by atoms with Gasteiger partial charge in [-0.05, 0) is 38.3 Å². The van der Waals surface area contributed by atoms with Crippen molar-refractivity contribution in [3.05, 3.63) is 0 Å². The van der Waals surface area contributed by atoms with E-state index in [2.05, 4.69) is 19.6 Å². The lowest BCUT2D eigenvalue weighted by Crippen LogP contribution is -2.17. The van der Waals surface area contributed by atoms with E-state index >= 15 is 0 Å². The maximum absolute atomic E-state index is 9.63. The molecule has 0 aliphatic rings. The summed E-state index contributed by atoms with van der Waals surface area (Å²) in [5, 5.41) is 9.63. The molecule has 0 aromatic heterocycles. The Morgan fingerprint density at radius 3 is 2.38 bits per heavy atom. The first-order chi connectivity index (χ1) is 5.87. The van der Waals surface area contributed by atoms with E-state index in [4.69, 9.17) is 7.85 Å². The Morgan fingerprint density at radius 2 is 2.00 bits per heavy atom. The third-order valence-electron chi connectivity index (χ3n) is 2.29. The highest BCUT2D eigenvalue weighted by Gasteiger charge is 2.11. The van der Waals surface area contributed by atoms with Crippen molar-refractivity contribution in [2.24, 2.45) is 5.92 Å². The zero-order chi connectivity index (χ0) is 10.5. The van der Waals surface area contributed by atoms with Crippen LogP contribution in [-0.2, 0) is 0 Å². The van der Waals surface area contributed by atoms with Gasteiger partial charge in [0.1, 0.15) is 0 Å². The molecule has 0 amide bonds. The molecule has 1 nitrogen and oxygen atoms in total. The molecule has 2 unspecified atom stereocenters. The number of aliphatic hydroxyl groups excluding tert-OH is 1. The van der Waals surface area contributed by atoms with Crippen molar-refractivity contribution in [3.63, 3.8) is 0 Å². The molecule has 76 valence electrons. The van der Waals surface area contributed by atoms with Crippen molar-refractivity contribution >= 4 is 21.0 Å². The molecule has 2 radical (unpaired) electrons. The van der Waals surface area contributed by atoms with Gasteiger partial charge >= 0.3 is 0 Å². The third-order valence-corrected chi connectivity index (χ3v) is 3.82. The van der Waals surface area contributed by atoms with Crippen LogP contribution in [-0.4, -0.2) is 44.8 Å². The molecule has 0 saturated carbocycles.